The molecule has 1 unspecified atom stereocenters. The number of amides is 1. The van der Waals surface area contributed by atoms with Crippen LogP contribution in [-0.4, -0.2) is 33.3 Å². The molecular formula is C15H19BrClN5O2. The number of piperidine rings is 1. The van der Waals surface area contributed by atoms with Crippen molar-refractivity contribution in [1.29, 1.82) is 0 Å². The minimum Gasteiger partial charge on any atom is -0.316 e. The first kappa shape index (κ1) is 18.7. The number of hydrogen-bond acceptors (Lipinski definition) is 4. The molecule has 24 heavy (non-hydrogen) atoms. The molecule has 1 fully saturated rings. The Labute approximate surface area is 154 Å². The molecule has 1 aliphatic heterocycles. The van der Waals surface area contributed by atoms with E-state index in [1.165, 1.54) is 4.57 Å². The molecule has 9 heteroatoms. The molecule has 2 aromatic rings. The van der Waals surface area contributed by atoms with Crippen molar-refractivity contribution in [3.8, 4) is 0 Å². The lowest BCUT2D eigenvalue weighted by Gasteiger charge is -2.22. The average molecular weight is 417 g/mol. The zero-order chi connectivity index (χ0) is 16.4. The maximum absolute atomic E-state index is 12.3. The highest BCUT2D eigenvalue weighted by atomic mass is 79.9. The van der Waals surface area contributed by atoms with Gasteiger partial charge in [-0.3, -0.25) is 14.3 Å². The van der Waals surface area contributed by atoms with Gasteiger partial charge in [0.05, 0.1) is 6.04 Å². The molecule has 7 nitrogen and oxygen atoms in total. The van der Waals surface area contributed by atoms with Crippen LogP contribution in [0, 0.1) is 0 Å². The normalized spacial score (nSPS) is 17.2. The molecule has 1 aliphatic rings. The standard InChI is InChI=1S/C15H18BrN5O2.ClH/c1-20-9-10(16)7-13(15(20)23)18-14(22)12-4-6-21(19-12)11-3-2-5-17-8-11;/h4,6-7,9,11,17H,2-3,5,8H2,1H3,(H,18,22);1H. The molecule has 1 saturated heterocycles. The van der Waals surface area contributed by atoms with E-state index in [-0.39, 0.29) is 35.6 Å². The molecule has 0 bridgehead atoms. The Hall–Kier alpha value is -1.64. The molecule has 3 heterocycles. The molecular weight excluding hydrogens is 398 g/mol. The van der Waals surface area contributed by atoms with Gasteiger partial charge in [0.2, 0.25) is 0 Å². The van der Waals surface area contributed by atoms with Gasteiger partial charge in [0.15, 0.2) is 5.69 Å². The summed E-state index contributed by atoms with van der Waals surface area (Å²) < 4.78 is 3.94. The Bertz CT molecular complexity index is 782. The van der Waals surface area contributed by atoms with Gasteiger partial charge in [-0.2, -0.15) is 5.10 Å². The fraction of sp³-hybridized carbons (Fsp3) is 0.400. The minimum absolute atomic E-state index is 0. The average Bonchev–Trinajstić information content (AvgIpc) is 3.03. The second-order valence-electron chi connectivity index (χ2n) is 5.62. The molecule has 3 rings (SSSR count). The lowest BCUT2D eigenvalue weighted by Crippen LogP contribution is -2.32. The topological polar surface area (TPSA) is 81.0 Å². The van der Waals surface area contributed by atoms with E-state index in [0.29, 0.717) is 10.2 Å². The van der Waals surface area contributed by atoms with E-state index in [1.807, 2.05) is 10.9 Å². The highest BCUT2D eigenvalue weighted by Crippen LogP contribution is 2.16. The summed E-state index contributed by atoms with van der Waals surface area (Å²) in [6.45, 7) is 1.88. The van der Waals surface area contributed by atoms with E-state index in [0.717, 1.165) is 25.9 Å². The van der Waals surface area contributed by atoms with Crippen molar-refractivity contribution in [2.45, 2.75) is 18.9 Å². The van der Waals surface area contributed by atoms with Crippen molar-refractivity contribution >= 4 is 39.9 Å². The molecule has 0 saturated carbocycles. The molecule has 130 valence electrons. The third-order valence-electron chi connectivity index (χ3n) is 3.88. The van der Waals surface area contributed by atoms with Gasteiger partial charge < -0.3 is 15.2 Å². The first-order valence-electron chi connectivity index (χ1n) is 7.48. The van der Waals surface area contributed by atoms with Crippen LogP contribution in [0.25, 0.3) is 0 Å². The Morgan fingerprint density at radius 2 is 2.29 bits per heavy atom. The lowest BCUT2D eigenvalue weighted by atomic mass is 10.1. The highest BCUT2D eigenvalue weighted by Gasteiger charge is 2.18. The first-order valence-corrected chi connectivity index (χ1v) is 8.27. The second-order valence-corrected chi connectivity index (χ2v) is 6.54. The van der Waals surface area contributed by atoms with Gasteiger partial charge in [-0.05, 0) is 47.4 Å². The predicted octanol–water partition coefficient (Wildman–Crippen LogP) is 1.94. The fourth-order valence-corrected chi connectivity index (χ4v) is 3.20. The van der Waals surface area contributed by atoms with Gasteiger partial charge >= 0.3 is 0 Å². The zero-order valence-corrected chi connectivity index (χ0v) is 15.6. The third-order valence-corrected chi connectivity index (χ3v) is 4.32. The SMILES string of the molecule is Cl.Cn1cc(Br)cc(NC(=O)c2ccn(C3CCCNC3)n2)c1=O. The van der Waals surface area contributed by atoms with Crippen LogP contribution < -0.4 is 16.2 Å². The van der Waals surface area contributed by atoms with E-state index < -0.39 is 0 Å². The third kappa shape index (κ3) is 4.06. The van der Waals surface area contributed by atoms with Crippen LogP contribution in [0.3, 0.4) is 0 Å². The monoisotopic (exact) mass is 415 g/mol. The largest absolute Gasteiger partial charge is 0.316 e. The van der Waals surface area contributed by atoms with Crippen LogP contribution in [0.5, 0.6) is 0 Å². The van der Waals surface area contributed by atoms with Crippen molar-refractivity contribution in [3.05, 3.63) is 45.0 Å². The zero-order valence-electron chi connectivity index (χ0n) is 13.2. The van der Waals surface area contributed by atoms with E-state index in [1.54, 1.807) is 25.4 Å². The molecule has 0 aromatic carbocycles. The van der Waals surface area contributed by atoms with Crippen molar-refractivity contribution in [2.75, 3.05) is 18.4 Å². The Kier molecular flexibility index (Phi) is 6.20. The summed E-state index contributed by atoms with van der Waals surface area (Å²) in [5.74, 6) is -0.386. The smallest absolute Gasteiger partial charge is 0.276 e. The molecule has 0 radical (unpaired) electrons. The van der Waals surface area contributed by atoms with Gasteiger partial charge in [0, 0.05) is 30.5 Å². The summed E-state index contributed by atoms with van der Waals surface area (Å²) in [7, 11) is 1.63. The fourth-order valence-electron chi connectivity index (χ4n) is 2.67. The van der Waals surface area contributed by atoms with Crippen molar-refractivity contribution in [1.82, 2.24) is 19.7 Å². The van der Waals surface area contributed by atoms with Gasteiger partial charge in [0.1, 0.15) is 5.69 Å². The number of halogens is 2. The van der Waals surface area contributed by atoms with Gasteiger partial charge in [-0.1, -0.05) is 0 Å². The van der Waals surface area contributed by atoms with Gasteiger partial charge in [-0.15, -0.1) is 12.4 Å². The van der Waals surface area contributed by atoms with Gasteiger partial charge in [-0.25, -0.2) is 0 Å². The van der Waals surface area contributed by atoms with Gasteiger partial charge in [0.25, 0.3) is 11.5 Å². The van der Waals surface area contributed by atoms with Crippen LogP contribution in [0.1, 0.15) is 29.4 Å². The van der Waals surface area contributed by atoms with Crippen LogP contribution in [0.4, 0.5) is 5.69 Å². The molecule has 2 aromatic heterocycles. The van der Waals surface area contributed by atoms with E-state index in [2.05, 4.69) is 31.7 Å². The number of pyridine rings is 1. The number of nitrogens with one attached hydrogen (secondary N) is 2. The first-order chi connectivity index (χ1) is 11.0. The molecule has 2 N–H and O–H groups in total. The van der Waals surface area contributed by atoms with E-state index in [4.69, 9.17) is 0 Å². The van der Waals surface area contributed by atoms with Crippen LogP contribution >= 0.6 is 28.3 Å². The molecule has 0 aliphatic carbocycles. The molecule has 1 amide bonds. The Balaban J connectivity index is 0.00000208. The summed E-state index contributed by atoms with van der Waals surface area (Å²) >= 11 is 3.31. The maximum atomic E-state index is 12.3. The number of carbonyl (C=O) groups excluding carboxylic acids is 1. The number of carbonyl (C=O) groups is 1. The number of nitrogens with zero attached hydrogens (tertiary/aromatic N) is 3. The highest BCUT2D eigenvalue weighted by molar-refractivity contribution is 9.10. The summed E-state index contributed by atoms with van der Waals surface area (Å²) in [4.78, 5) is 24.4. The number of hydrogen-bond donors (Lipinski definition) is 2. The van der Waals surface area contributed by atoms with Crippen LogP contribution in [-0.2, 0) is 7.05 Å². The number of anilines is 1. The van der Waals surface area contributed by atoms with Crippen molar-refractivity contribution in [3.63, 3.8) is 0 Å². The van der Waals surface area contributed by atoms with Crippen LogP contribution in [0.15, 0.2) is 33.8 Å². The van der Waals surface area contributed by atoms with E-state index >= 15 is 0 Å². The van der Waals surface area contributed by atoms with Crippen LogP contribution in [0.2, 0.25) is 0 Å². The minimum atomic E-state index is -0.386. The number of rotatable bonds is 3. The molecule has 0 spiro atoms. The second kappa shape index (κ2) is 7.96. The van der Waals surface area contributed by atoms with E-state index in [9.17, 15) is 9.59 Å². The number of aryl methyl sites for hydroxylation is 1. The summed E-state index contributed by atoms with van der Waals surface area (Å²) in [6.07, 6.45) is 5.59. The lowest BCUT2D eigenvalue weighted by molar-refractivity contribution is 0.102. The van der Waals surface area contributed by atoms with Crippen molar-refractivity contribution in [2.24, 2.45) is 7.05 Å². The molecule has 1 atom stereocenters. The summed E-state index contributed by atoms with van der Waals surface area (Å²) in [5, 5.41) is 10.3. The summed E-state index contributed by atoms with van der Waals surface area (Å²) in [5.41, 5.74) is 0.260. The number of aromatic nitrogens is 3. The Morgan fingerprint density at radius 3 is 3.00 bits per heavy atom. The quantitative estimate of drug-likeness (QED) is 0.801. The maximum Gasteiger partial charge on any atom is 0.276 e. The predicted molar refractivity (Wildman–Crippen MR) is 98.0 cm³/mol. The Morgan fingerprint density at radius 1 is 1.50 bits per heavy atom. The van der Waals surface area contributed by atoms with Crippen molar-refractivity contribution < 1.29 is 4.79 Å². The summed E-state index contributed by atoms with van der Waals surface area (Å²) in [6, 6.07) is 3.53.